The topological polar surface area (TPSA) is 88.3 Å². The van der Waals surface area contributed by atoms with Gasteiger partial charge < -0.3 is 25.1 Å². The van der Waals surface area contributed by atoms with E-state index in [4.69, 9.17) is 21.1 Å². The molecule has 3 aromatic rings. The molecule has 0 aliphatic carbocycles. The van der Waals surface area contributed by atoms with Gasteiger partial charge >= 0.3 is 0 Å². The van der Waals surface area contributed by atoms with Gasteiger partial charge in [-0.1, -0.05) is 17.7 Å². The fourth-order valence-electron chi connectivity index (χ4n) is 4.08. The first-order valence-electron chi connectivity index (χ1n) is 10.7. The van der Waals surface area contributed by atoms with Gasteiger partial charge in [-0.05, 0) is 37.6 Å². The second-order valence-electron chi connectivity index (χ2n) is 8.48. The van der Waals surface area contributed by atoms with Crippen LogP contribution in [0, 0.1) is 6.92 Å². The molecule has 2 aromatic heterocycles. The van der Waals surface area contributed by atoms with E-state index in [1.807, 2.05) is 38.1 Å². The minimum Gasteiger partial charge on any atom is -0.488 e. The summed E-state index contributed by atoms with van der Waals surface area (Å²) in [5.74, 6) is 0.525. The highest BCUT2D eigenvalue weighted by Gasteiger charge is 2.34. The zero-order valence-corrected chi connectivity index (χ0v) is 18.8. The molecule has 5 rings (SSSR count). The van der Waals surface area contributed by atoms with Crippen molar-refractivity contribution in [3.8, 4) is 17.0 Å². The molecule has 1 amide bonds. The highest BCUT2D eigenvalue weighted by Crippen LogP contribution is 2.41. The second kappa shape index (κ2) is 8.15. The van der Waals surface area contributed by atoms with Crippen LogP contribution in [0.2, 0.25) is 5.02 Å². The van der Waals surface area contributed by atoms with Gasteiger partial charge in [-0.3, -0.25) is 9.78 Å². The molecule has 1 unspecified atom stereocenters. The first-order chi connectivity index (χ1) is 15.5. The smallest absolute Gasteiger partial charge is 0.255 e. The third-order valence-corrected chi connectivity index (χ3v) is 6.57. The summed E-state index contributed by atoms with van der Waals surface area (Å²) in [6.45, 7) is 5.77. The molecule has 2 aliphatic heterocycles. The number of aromatic amines is 1. The first kappa shape index (κ1) is 20.8. The van der Waals surface area contributed by atoms with Gasteiger partial charge in [0, 0.05) is 47.6 Å². The summed E-state index contributed by atoms with van der Waals surface area (Å²) in [5.41, 5.74) is 5.28. The van der Waals surface area contributed by atoms with Crippen molar-refractivity contribution in [1.29, 1.82) is 0 Å². The first-order valence-corrected chi connectivity index (χ1v) is 11.1. The maximum absolute atomic E-state index is 12.8. The van der Waals surface area contributed by atoms with Crippen LogP contribution in [0.15, 0.2) is 36.7 Å². The number of anilines is 2. The van der Waals surface area contributed by atoms with Gasteiger partial charge in [0.05, 0.1) is 29.7 Å². The molecule has 166 valence electrons. The van der Waals surface area contributed by atoms with E-state index in [1.54, 1.807) is 12.4 Å². The fourth-order valence-corrected chi connectivity index (χ4v) is 4.25. The van der Waals surface area contributed by atoms with Crippen molar-refractivity contribution in [2.45, 2.75) is 32.3 Å². The highest BCUT2D eigenvalue weighted by atomic mass is 35.5. The van der Waals surface area contributed by atoms with E-state index >= 15 is 0 Å². The minimum absolute atomic E-state index is 0.108. The molecule has 3 N–H and O–H groups in total. The summed E-state index contributed by atoms with van der Waals surface area (Å²) < 4.78 is 11.8. The molecular weight excluding hydrogens is 428 g/mol. The van der Waals surface area contributed by atoms with Crippen molar-refractivity contribution in [3.05, 3.63) is 58.5 Å². The zero-order valence-electron chi connectivity index (χ0n) is 18.0. The molecular formula is C24H25ClN4O3. The Balaban J connectivity index is 1.59. The van der Waals surface area contributed by atoms with Crippen LogP contribution in [0.3, 0.4) is 0 Å². The zero-order chi connectivity index (χ0) is 22.3. The van der Waals surface area contributed by atoms with Crippen molar-refractivity contribution in [3.63, 3.8) is 0 Å². The number of rotatable bonds is 6. The average molecular weight is 453 g/mol. The Bertz CT molecular complexity index is 1190. The minimum atomic E-state index is -0.277. The molecule has 1 fully saturated rings. The van der Waals surface area contributed by atoms with Crippen LogP contribution in [0.1, 0.15) is 35.0 Å². The molecule has 0 spiro atoms. The van der Waals surface area contributed by atoms with Gasteiger partial charge in [-0.15, -0.1) is 0 Å². The number of hydrogen-bond donors (Lipinski definition) is 3. The summed E-state index contributed by atoms with van der Waals surface area (Å²) >= 11 is 6.34. The summed E-state index contributed by atoms with van der Waals surface area (Å²) in [7, 11) is 0. The van der Waals surface area contributed by atoms with E-state index in [2.05, 4.69) is 20.6 Å². The van der Waals surface area contributed by atoms with E-state index in [9.17, 15) is 4.79 Å². The number of amides is 1. The predicted molar refractivity (Wildman–Crippen MR) is 124 cm³/mol. The summed E-state index contributed by atoms with van der Waals surface area (Å²) in [4.78, 5) is 20.6. The molecule has 0 bridgehead atoms. The van der Waals surface area contributed by atoms with E-state index in [1.165, 1.54) is 0 Å². The van der Waals surface area contributed by atoms with Crippen LogP contribution < -0.4 is 15.4 Å². The van der Waals surface area contributed by atoms with Crippen molar-refractivity contribution >= 4 is 28.9 Å². The standard InChI is InChI=1S/C24H25ClN4O3/c1-14-16(25)4-3-5-17(14)28-22-20-18(7-10-27-23(20)30)29-21(22)15-6-9-26-12-19(15)31-13-24(2)8-11-32-24/h3-6,9,12,28-29H,7-8,10-11,13H2,1-2H3,(H,27,30). The van der Waals surface area contributed by atoms with Crippen LogP contribution in [-0.2, 0) is 11.2 Å². The number of H-pyrrole nitrogens is 1. The third kappa shape index (κ3) is 3.72. The number of benzene rings is 1. The van der Waals surface area contributed by atoms with Crippen LogP contribution in [0.5, 0.6) is 5.75 Å². The van der Waals surface area contributed by atoms with Crippen molar-refractivity contribution in [2.75, 3.05) is 25.1 Å². The number of fused-ring (bicyclic) bond motifs is 1. The fraction of sp³-hybridized carbons (Fsp3) is 0.333. The largest absolute Gasteiger partial charge is 0.488 e. The third-order valence-electron chi connectivity index (χ3n) is 6.16. The van der Waals surface area contributed by atoms with Crippen molar-refractivity contribution in [2.24, 2.45) is 0 Å². The van der Waals surface area contributed by atoms with E-state index in [0.29, 0.717) is 35.2 Å². The van der Waals surface area contributed by atoms with Crippen LogP contribution in [-0.4, -0.2) is 41.2 Å². The highest BCUT2D eigenvalue weighted by molar-refractivity contribution is 6.31. The summed E-state index contributed by atoms with van der Waals surface area (Å²) in [5, 5.41) is 7.07. The number of carbonyl (C=O) groups excluding carboxylic acids is 1. The number of halogens is 1. The average Bonchev–Trinajstić information content (AvgIpc) is 3.14. The predicted octanol–water partition coefficient (Wildman–Crippen LogP) is 4.63. The maximum atomic E-state index is 12.8. The molecule has 32 heavy (non-hydrogen) atoms. The van der Waals surface area contributed by atoms with Crippen molar-refractivity contribution < 1.29 is 14.3 Å². The molecule has 4 heterocycles. The van der Waals surface area contributed by atoms with Gasteiger partial charge in [0.25, 0.3) is 5.91 Å². The van der Waals surface area contributed by atoms with Crippen LogP contribution in [0.4, 0.5) is 11.4 Å². The molecule has 7 nitrogen and oxygen atoms in total. The lowest BCUT2D eigenvalue weighted by Gasteiger charge is -2.38. The monoisotopic (exact) mass is 452 g/mol. The number of aromatic nitrogens is 2. The Morgan fingerprint density at radius 2 is 2.19 bits per heavy atom. The van der Waals surface area contributed by atoms with E-state index in [-0.39, 0.29) is 11.5 Å². The molecule has 1 aromatic carbocycles. The van der Waals surface area contributed by atoms with Gasteiger partial charge in [0.1, 0.15) is 18.0 Å². The normalized spacial score (nSPS) is 19.7. The van der Waals surface area contributed by atoms with Gasteiger partial charge in [0.15, 0.2) is 0 Å². The molecule has 0 radical (unpaired) electrons. The van der Waals surface area contributed by atoms with Gasteiger partial charge in [0.2, 0.25) is 0 Å². The number of nitrogens with zero attached hydrogens (tertiary/aromatic N) is 1. The quantitative estimate of drug-likeness (QED) is 0.507. The Kier molecular flexibility index (Phi) is 5.31. The van der Waals surface area contributed by atoms with E-state index < -0.39 is 0 Å². The Labute approximate surface area is 191 Å². The molecule has 0 saturated carbocycles. The molecule has 1 atom stereocenters. The van der Waals surface area contributed by atoms with Gasteiger partial charge in [-0.25, -0.2) is 0 Å². The lowest BCUT2D eigenvalue weighted by molar-refractivity contribution is -0.152. The second-order valence-corrected chi connectivity index (χ2v) is 8.89. The summed E-state index contributed by atoms with van der Waals surface area (Å²) in [6, 6.07) is 7.57. The Morgan fingerprint density at radius 3 is 2.97 bits per heavy atom. The number of hydrogen-bond acceptors (Lipinski definition) is 5. The lowest BCUT2D eigenvalue weighted by atomic mass is 9.99. The number of carbonyl (C=O) groups is 1. The SMILES string of the molecule is Cc1c(Cl)cccc1Nc1c(-c2ccncc2OCC2(C)CCO2)[nH]c2c1C(=O)NCC2. The van der Waals surface area contributed by atoms with Crippen LogP contribution in [0.25, 0.3) is 11.3 Å². The Hall–Kier alpha value is -3.03. The molecule has 2 aliphatic rings. The summed E-state index contributed by atoms with van der Waals surface area (Å²) in [6.07, 6.45) is 5.10. The molecule has 1 saturated heterocycles. The molecule has 8 heteroatoms. The Morgan fingerprint density at radius 1 is 1.34 bits per heavy atom. The maximum Gasteiger partial charge on any atom is 0.255 e. The van der Waals surface area contributed by atoms with Crippen LogP contribution >= 0.6 is 11.6 Å². The van der Waals surface area contributed by atoms with Crippen molar-refractivity contribution in [1.82, 2.24) is 15.3 Å². The van der Waals surface area contributed by atoms with Gasteiger partial charge in [-0.2, -0.15) is 0 Å². The number of nitrogens with one attached hydrogen (secondary N) is 3. The number of ether oxygens (including phenoxy) is 2. The van der Waals surface area contributed by atoms with E-state index in [0.717, 1.165) is 47.7 Å². The lowest BCUT2D eigenvalue weighted by Crippen LogP contribution is -2.45. The number of pyridine rings is 1.